The number of benzene rings is 2. The number of piperidine rings is 2. The Hall–Kier alpha value is -5.94. The number of halogens is 1. The summed E-state index contributed by atoms with van der Waals surface area (Å²) in [5.41, 5.74) is 2.67. The van der Waals surface area contributed by atoms with Crippen LogP contribution in [0.1, 0.15) is 67.5 Å². The van der Waals surface area contributed by atoms with Gasteiger partial charge >= 0.3 is 0 Å². The van der Waals surface area contributed by atoms with Gasteiger partial charge in [0.25, 0.3) is 17.7 Å². The van der Waals surface area contributed by atoms with Crippen LogP contribution in [0.2, 0.25) is 5.02 Å². The summed E-state index contributed by atoms with van der Waals surface area (Å²) in [5, 5.41) is 9.24. The molecule has 6 heterocycles. The number of rotatable bonds is 8. The van der Waals surface area contributed by atoms with Crippen molar-refractivity contribution in [3.05, 3.63) is 81.1 Å². The first-order valence-electron chi connectivity index (χ1n) is 18.7. The molecule has 8 rings (SSSR count). The Labute approximate surface area is 336 Å². The molecule has 4 aromatic rings. The molecule has 3 saturated heterocycles. The van der Waals surface area contributed by atoms with E-state index in [2.05, 4.69) is 40.7 Å². The van der Waals surface area contributed by atoms with Crippen LogP contribution in [-0.4, -0.2) is 106 Å². The number of para-hydroxylation sites is 1. The molecule has 294 valence electrons. The summed E-state index contributed by atoms with van der Waals surface area (Å²) in [5.74, 6) is -0.633. The fourth-order valence-electron chi connectivity index (χ4n) is 7.74. The Morgan fingerprint density at radius 3 is 2.37 bits per heavy atom. The molecule has 4 aliphatic heterocycles. The molecule has 16 nitrogen and oxygen atoms in total. The van der Waals surface area contributed by atoms with E-state index in [1.54, 1.807) is 24.3 Å². The highest BCUT2D eigenvalue weighted by Gasteiger charge is 2.45. The van der Waals surface area contributed by atoms with Gasteiger partial charge < -0.3 is 25.3 Å². The van der Waals surface area contributed by atoms with Crippen molar-refractivity contribution in [1.82, 2.24) is 30.1 Å². The summed E-state index contributed by atoms with van der Waals surface area (Å²) in [7, 11) is 0. The van der Waals surface area contributed by atoms with Crippen molar-refractivity contribution in [3.8, 4) is 0 Å². The smallest absolute Gasteiger partial charge is 0.267 e. The van der Waals surface area contributed by atoms with Crippen LogP contribution in [0.3, 0.4) is 0 Å². The SMILES string of the molecule is Cc1nc(Nc2ncc(C(=O)Nc3c(C)cccc3Cl)s2)cc(N2CCN(C(=O)C3CCN(c4ccc5c(c4)C(=O)N(C4CCC(=O)NC4=O)C5=O)CC3)CC2)n1. The van der Waals surface area contributed by atoms with E-state index in [4.69, 9.17) is 11.6 Å². The van der Waals surface area contributed by atoms with Crippen LogP contribution in [0, 0.1) is 19.8 Å². The van der Waals surface area contributed by atoms with Gasteiger partial charge in [-0.15, -0.1) is 0 Å². The number of anilines is 5. The molecule has 2 aromatic heterocycles. The number of piperazine rings is 1. The van der Waals surface area contributed by atoms with Crippen molar-refractivity contribution in [2.24, 2.45) is 5.92 Å². The fourth-order valence-corrected chi connectivity index (χ4v) is 8.73. The minimum atomic E-state index is -1.02. The van der Waals surface area contributed by atoms with Crippen LogP contribution in [0.25, 0.3) is 0 Å². The number of nitrogens with zero attached hydrogens (tertiary/aromatic N) is 7. The van der Waals surface area contributed by atoms with Crippen molar-refractivity contribution in [2.75, 3.05) is 59.7 Å². The molecule has 0 bridgehead atoms. The lowest BCUT2D eigenvalue weighted by molar-refractivity contribution is -0.137. The van der Waals surface area contributed by atoms with Gasteiger partial charge in [0, 0.05) is 63.4 Å². The number of aryl methyl sites for hydroxylation is 2. The van der Waals surface area contributed by atoms with Gasteiger partial charge in [0.15, 0.2) is 5.13 Å². The van der Waals surface area contributed by atoms with Gasteiger partial charge in [-0.1, -0.05) is 35.1 Å². The second-order valence-electron chi connectivity index (χ2n) is 14.4. The quantitative estimate of drug-likeness (QED) is 0.216. The summed E-state index contributed by atoms with van der Waals surface area (Å²) in [6.45, 7) is 7.19. The number of carbonyl (C=O) groups is 6. The molecular weight excluding hydrogens is 772 g/mol. The first-order chi connectivity index (χ1) is 27.4. The molecule has 18 heteroatoms. The second-order valence-corrected chi connectivity index (χ2v) is 15.9. The summed E-state index contributed by atoms with van der Waals surface area (Å²) < 4.78 is 0. The highest BCUT2D eigenvalue weighted by atomic mass is 35.5. The Bertz CT molecular complexity index is 2300. The van der Waals surface area contributed by atoms with Crippen molar-refractivity contribution in [1.29, 1.82) is 0 Å². The fraction of sp³-hybridized carbons (Fsp3) is 0.359. The van der Waals surface area contributed by atoms with E-state index >= 15 is 0 Å². The molecule has 0 spiro atoms. The van der Waals surface area contributed by atoms with E-state index in [1.165, 1.54) is 17.5 Å². The van der Waals surface area contributed by atoms with E-state index in [0.717, 1.165) is 22.0 Å². The molecule has 0 aliphatic carbocycles. The second kappa shape index (κ2) is 15.5. The van der Waals surface area contributed by atoms with Gasteiger partial charge in [-0.2, -0.15) is 0 Å². The zero-order valence-corrected chi connectivity index (χ0v) is 32.8. The number of hydrogen-bond acceptors (Lipinski definition) is 13. The summed E-state index contributed by atoms with van der Waals surface area (Å²) >= 11 is 7.48. The number of imide groups is 2. The first kappa shape index (κ1) is 38.0. The van der Waals surface area contributed by atoms with Gasteiger partial charge in [-0.05, 0) is 62.9 Å². The number of fused-ring (bicyclic) bond motifs is 1. The number of nitrogens with one attached hydrogen (secondary N) is 3. The van der Waals surface area contributed by atoms with Crippen LogP contribution in [-0.2, 0) is 14.4 Å². The lowest BCUT2D eigenvalue weighted by Gasteiger charge is -2.39. The van der Waals surface area contributed by atoms with Gasteiger partial charge in [0.05, 0.1) is 28.0 Å². The standard InChI is InChI=1S/C39H39ClN10O6S/c1-21-4-3-5-27(40)33(21)46-35(53)29-20-41-39(57-29)44-30-19-31(43-22(2)42-30)48-14-16-49(17-15-48)36(54)23-10-12-47(13-11-23)24-6-7-25-26(18-24)38(56)50(37(25)55)28-8-9-32(51)45-34(28)52/h3-7,18-20,23,28H,8-17H2,1-2H3,(H,46,53)(H,45,51,52)(H,41,42,43,44). The average molecular weight is 811 g/mol. The molecule has 1 atom stereocenters. The molecule has 2 aromatic carbocycles. The summed E-state index contributed by atoms with van der Waals surface area (Å²) in [6, 6.07) is 11.3. The highest BCUT2D eigenvalue weighted by molar-refractivity contribution is 7.17. The summed E-state index contributed by atoms with van der Waals surface area (Å²) in [6.07, 6.45) is 2.95. The van der Waals surface area contributed by atoms with Crippen LogP contribution >= 0.6 is 22.9 Å². The molecule has 0 saturated carbocycles. The van der Waals surface area contributed by atoms with Crippen molar-refractivity contribution < 1.29 is 28.8 Å². The zero-order valence-electron chi connectivity index (χ0n) is 31.2. The maximum Gasteiger partial charge on any atom is 0.267 e. The summed E-state index contributed by atoms with van der Waals surface area (Å²) in [4.78, 5) is 98.2. The van der Waals surface area contributed by atoms with Crippen LogP contribution in [0.15, 0.2) is 48.7 Å². The normalized spacial score (nSPS) is 18.8. The maximum atomic E-state index is 13.7. The number of aromatic nitrogens is 3. The van der Waals surface area contributed by atoms with Crippen molar-refractivity contribution in [3.63, 3.8) is 0 Å². The topological polar surface area (TPSA) is 190 Å². The predicted molar refractivity (Wildman–Crippen MR) is 213 cm³/mol. The van der Waals surface area contributed by atoms with E-state index in [0.29, 0.717) is 84.5 Å². The van der Waals surface area contributed by atoms with E-state index < -0.39 is 29.7 Å². The molecule has 3 fully saturated rings. The largest absolute Gasteiger partial charge is 0.371 e. The number of amides is 6. The van der Waals surface area contributed by atoms with Gasteiger partial charge in [0.2, 0.25) is 17.7 Å². The Kier molecular flexibility index (Phi) is 10.3. The Balaban J connectivity index is 0.835. The van der Waals surface area contributed by atoms with E-state index in [9.17, 15) is 28.8 Å². The monoisotopic (exact) mass is 810 g/mol. The van der Waals surface area contributed by atoms with Crippen LogP contribution in [0.5, 0.6) is 0 Å². The van der Waals surface area contributed by atoms with Gasteiger partial charge in [-0.3, -0.25) is 39.0 Å². The average Bonchev–Trinajstić information content (AvgIpc) is 3.77. The molecule has 57 heavy (non-hydrogen) atoms. The third kappa shape index (κ3) is 7.64. The van der Waals surface area contributed by atoms with Crippen LogP contribution < -0.4 is 25.8 Å². The van der Waals surface area contributed by atoms with E-state index in [1.807, 2.05) is 36.9 Å². The Morgan fingerprint density at radius 1 is 0.877 bits per heavy atom. The number of carbonyl (C=O) groups excluding carboxylic acids is 6. The third-order valence-corrected chi connectivity index (χ3v) is 12.0. The molecule has 1 unspecified atom stereocenters. The lowest BCUT2D eigenvalue weighted by atomic mass is 9.94. The van der Waals surface area contributed by atoms with E-state index in [-0.39, 0.29) is 41.7 Å². The minimum Gasteiger partial charge on any atom is -0.371 e. The van der Waals surface area contributed by atoms with Crippen LogP contribution in [0.4, 0.5) is 28.1 Å². The molecule has 6 amide bonds. The lowest BCUT2D eigenvalue weighted by Crippen LogP contribution is -2.54. The zero-order chi connectivity index (χ0) is 40.0. The maximum absolute atomic E-state index is 13.7. The van der Waals surface area contributed by atoms with Gasteiger partial charge in [-0.25, -0.2) is 15.0 Å². The third-order valence-electron chi connectivity index (χ3n) is 10.8. The molecular formula is C39H39ClN10O6S. The van der Waals surface area contributed by atoms with Crippen molar-refractivity contribution >= 4 is 86.5 Å². The van der Waals surface area contributed by atoms with Crippen molar-refractivity contribution in [2.45, 2.75) is 45.6 Å². The first-order valence-corrected chi connectivity index (χ1v) is 19.9. The number of hydrogen-bond donors (Lipinski definition) is 3. The Morgan fingerprint density at radius 2 is 1.63 bits per heavy atom. The highest BCUT2D eigenvalue weighted by Crippen LogP contribution is 2.33. The molecule has 3 N–H and O–H groups in total. The predicted octanol–water partition coefficient (Wildman–Crippen LogP) is 4.17. The molecule has 4 aliphatic rings. The molecule has 0 radical (unpaired) electrons. The van der Waals surface area contributed by atoms with Gasteiger partial charge in [0.1, 0.15) is 28.4 Å². The number of thiazole rings is 1. The minimum absolute atomic E-state index is 0.0610.